The average molecular weight is 556 g/mol. The second-order valence-electron chi connectivity index (χ2n) is 9.93. The molecule has 0 fully saturated rings. The van der Waals surface area contributed by atoms with Gasteiger partial charge in [0.05, 0.1) is 29.1 Å². The summed E-state index contributed by atoms with van der Waals surface area (Å²) in [5.41, 5.74) is 2.99. The Hall–Kier alpha value is -4.76. The minimum Gasteiger partial charge on any atom is -0.466 e. The summed E-state index contributed by atoms with van der Waals surface area (Å²) in [5, 5.41) is 15.1. The van der Waals surface area contributed by atoms with Gasteiger partial charge in [0, 0.05) is 36.1 Å². The molecule has 0 aromatic heterocycles. The molecule has 2 atom stereocenters. The lowest BCUT2D eigenvalue weighted by molar-refractivity contribution is -0.385. The number of nitro groups is 1. The molecule has 3 aromatic rings. The molecule has 0 aliphatic carbocycles. The lowest BCUT2D eigenvalue weighted by Crippen LogP contribution is -2.34. The standard InChI is InChI=1S/C32H33N3O6/c1-21-28(31(36)40-4)30(25-17-11-12-18-26(25)35(38)39)29(22(2)33-21)32(37)41-27(24-15-9-6-10-16-24)20-34(3)19-23-13-7-5-8-14-23/h5-18,27,30,33H,19-20H2,1-4H3. The van der Waals surface area contributed by atoms with Gasteiger partial charge in [-0.25, -0.2) is 9.59 Å². The van der Waals surface area contributed by atoms with Crippen LogP contribution in [0.3, 0.4) is 0 Å². The minimum atomic E-state index is -1.07. The van der Waals surface area contributed by atoms with Crippen LogP contribution < -0.4 is 5.32 Å². The number of para-hydroxylation sites is 1. The summed E-state index contributed by atoms with van der Waals surface area (Å²) in [5.74, 6) is -2.46. The van der Waals surface area contributed by atoms with Gasteiger partial charge in [-0.2, -0.15) is 0 Å². The first-order valence-corrected chi connectivity index (χ1v) is 13.2. The monoisotopic (exact) mass is 555 g/mol. The van der Waals surface area contributed by atoms with E-state index in [0.29, 0.717) is 24.5 Å². The van der Waals surface area contributed by atoms with Gasteiger partial charge in [-0.3, -0.25) is 15.0 Å². The number of methoxy groups -OCH3 is 1. The summed E-state index contributed by atoms with van der Waals surface area (Å²) in [4.78, 5) is 40.6. The zero-order valence-electron chi connectivity index (χ0n) is 23.5. The molecule has 3 aromatic carbocycles. The molecule has 0 radical (unpaired) electrons. The van der Waals surface area contributed by atoms with Crippen LogP contribution in [0.5, 0.6) is 0 Å². The van der Waals surface area contributed by atoms with Crippen molar-refractivity contribution >= 4 is 17.6 Å². The minimum absolute atomic E-state index is 0.108. The molecule has 2 unspecified atom stereocenters. The van der Waals surface area contributed by atoms with Crippen molar-refractivity contribution in [3.05, 3.63) is 134 Å². The number of nitrogens with one attached hydrogen (secondary N) is 1. The van der Waals surface area contributed by atoms with Crippen molar-refractivity contribution in [2.24, 2.45) is 0 Å². The van der Waals surface area contributed by atoms with E-state index >= 15 is 0 Å². The Morgan fingerprint density at radius 1 is 0.902 bits per heavy atom. The summed E-state index contributed by atoms with van der Waals surface area (Å²) in [6, 6.07) is 25.4. The molecule has 1 aliphatic heterocycles. The lowest BCUT2D eigenvalue weighted by Gasteiger charge is -2.31. The van der Waals surface area contributed by atoms with Gasteiger partial charge >= 0.3 is 11.9 Å². The molecule has 1 heterocycles. The molecule has 0 saturated carbocycles. The van der Waals surface area contributed by atoms with E-state index in [2.05, 4.69) is 10.2 Å². The van der Waals surface area contributed by atoms with E-state index in [9.17, 15) is 19.7 Å². The fourth-order valence-electron chi connectivity index (χ4n) is 5.17. The van der Waals surface area contributed by atoms with E-state index in [0.717, 1.165) is 11.1 Å². The molecule has 41 heavy (non-hydrogen) atoms. The zero-order valence-corrected chi connectivity index (χ0v) is 23.5. The van der Waals surface area contributed by atoms with Gasteiger partial charge in [-0.15, -0.1) is 0 Å². The highest BCUT2D eigenvalue weighted by atomic mass is 16.6. The van der Waals surface area contributed by atoms with Gasteiger partial charge in [-0.1, -0.05) is 78.9 Å². The molecule has 0 amide bonds. The summed E-state index contributed by atoms with van der Waals surface area (Å²) < 4.78 is 11.2. The first-order chi connectivity index (χ1) is 19.7. The Bertz CT molecular complexity index is 1480. The molecule has 0 spiro atoms. The summed E-state index contributed by atoms with van der Waals surface area (Å²) in [6.45, 7) is 4.39. The van der Waals surface area contributed by atoms with Crippen LogP contribution in [0.1, 0.15) is 42.6 Å². The predicted octanol–water partition coefficient (Wildman–Crippen LogP) is 5.42. The Morgan fingerprint density at radius 2 is 1.46 bits per heavy atom. The van der Waals surface area contributed by atoms with Crippen LogP contribution in [0.15, 0.2) is 107 Å². The molecule has 0 saturated heterocycles. The Labute approximate surface area is 239 Å². The number of dihydropyridines is 1. The summed E-state index contributed by atoms with van der Waals surface area (Å²) in [6.07, 6.45) is -0.655. The van der Waals surface area contributed by atoms with Gasteiger partial charge in [0.2, 0.25) is 0 Å². The van der Waals surface area contributed by atoms with Crippen molar-refractivity contribution < 1.29 is 24.0 Å². The topological polar surface area (TPSA) is 111 Å². The van der Waals surface area contributed by atoms with Crippen LogP contribution in [0.2, 0.25) is 0 Å². The van der Waals surface area contributed by atoms with Crippen LogP contribution in [-0.4, -0.2) is 42.5 Å². The second kappa shape index (κ2) is 13.1. The Morgan fingerprint density at radius 3 is 2.07 bits per heavy atom. The fraction of sp³-hybridized carbons (Fsp3) is 0.250. The smallest absolute Gasteiger partial charge is 0.337 e. The highest BCUT2D eigenvalue weighted by Crippen LogP contribution is 2.43. The number of benzene rings is 3. The third-order valence-corrected chi connectivity index (χ3v) is 7.02. The third kappa shape index (κ3) is 6.70. The van der Waals surface area contributed by atoms with Gasteiger partial charge in [0.25, 0.3) is 5.69 Å². The van der Waals surface area contributed by atoms with Crippen LogP contribution in [0, 0.1) is 10.1 Å². The van der Waals surface area contributed by atoms with Crippen molar-refractivity contribution in [1.29, 1.82) is 0 Å². The van der Waals surface area contributed by atoms with E-state index in [1.165, 1.54) is 13.2 Å². The second-order valence-corrected chi connectivity index (χ2v) is 9.93. The largest absolute Gasteiger partial charge is 0.466 e. The van der Waals surface area contributed by atoms with Crippen LogP contribution in [0.4, 0.5) is 5.69 Å². The van der Waals surface area contributed by atoms with Gasteiger partial charge in [-0.05, 0) is 32.0 Å². The predicted molar refractivity (Wildman–Crippen MR) is 154 cm³/mol. The van der Waals surface area contributed by atoms with Gasteiger partial charge < -0.3 is 14.8 Å². The zero-order chi connectivity index (χ0) is 29.5. The molecular formula is C32H33N3O6. The molecule has 1 N–H and O–H groups in total. The van der Waals surface area contributed by atoms with E-state index < -0.39 is 28.9 Å². The third-order valence-electron chi connectivity index (χ3n) is 7.02. The number of rotatable bonds is 10. The maximum absolute atomic E-state index is 14.1. The molecule has 212 valence electrons. The summed E-state index contributed by atoms with van der Waals surface area (Å²) in [7, 11) is 3.18. The molecule has 0 bridgehead atoms. The molecule has 9 nitrogen and oxygen atoms in total. The Kier molecular flexibility index (Phi) is 9.31. The van der Waals surface area contributed by atoms with Crippen molar-refractivity contribution in [1.82, 2.24) is 10.2 Å². The number of ether oxygens (including phenoxy) is 2. The molecular weight excluding hydrogens is 522 g/mol. The first-order valence-electron chi connectivity index (χ1n) is 13.2. The lowest BCUT2D eigenvalue weighted by atomic mass is 9.79. The van der Waals surface area contributed by atoms with Gasteiger partial charge in [0.1, 0.15) is 6.10 Å². The number of nitrogens with zero attached hydrogens (tertiary/aromatic N) is 2. The number of hydrogen-bond donors (Lipinski definition) is 1. The number of carbonyl (C=O) groups excluding carboxylic acids is 2. The van der Waals surface area contributed by atoms with Crippen molar-refractivity contribution in [2.45, 2.75) is 32.4 Å². The number of allylic oxidation sites excluding steroid dienone is 2. The number of nitro benzene ring substituents is 1. The average Bonchev–Trinajstić information content (AvgIpc) is 2.96. The van der Waals surface area contributed by atoms with E-state index in [1.807, 2.05) is 67.7 Å². The van der Waals surface area contributed by atoms with Crippen molar-refractivity contribution in [2.75, 3.05) is 20.7 Å². The number of likely N-dealkylation sites (N-methyl/N-ethyl adjacent to an activating group) is 1. The van der Waals surface area contributed by atoms with Crippen LogP contribution in [-0.2, 0) is 25.6 Å². The number of carbonyl (C=O) groups is 2. The molecule has 9 heteroatoms. The van der Waals surface area contributed by atoms with Crippen molar-refractivity contribution in [3.63, 3.8) is 0 Å². The van der Waals surface area contributed by atoms with E-state index in [-0.39, 0.29) is 22.4 Å². The van der Waals surface area contributed by atoms with Crippen LogP contribution in [0.25, 0.3) is 0 Å². The molecule has 1 aliphatic rings. The maximum Gasteiger partial charge on any atom is 0.337 e. The molecule has 4 rings (SSSR count). The van der Waals surface area contributed by atoms with Gasteiger partial charge in [0.15, 0.2) is 0 Å². The highest BCUT2D eigenvalue weighted by molar-refractivity contribution is 6.00. The van der Waals surface area contributed by atoms with Crippen LogP contribution >= 0.6 is 0 Å². The first kappa shape index (κ1) is 29.2. The van der Waals surface area contributed by atoms with E-state index in [4.69, 9.17) is 9.47 Å². The number of esters is 2. The summed E-state index contributed by atoms with van der Waals surface area (Å²) >= 11 is 0. The highest BCUT2D eigenvalue weighted by Gasteiger charge is 2.41. The SMILES string of the molecule is COC(=O)C1=C(C)NC(C)=C(C(=O)OC(CN(C)Cc2ccccc2)c2ccccc2)C1c1ccccc1[N+](=O)[O-]. The maximum atomic E-state index is 14.1. The van der Waals surface area contributed by atoms with E-state index in [1.54, 1.807) is 32.0 Å². The van der Waals surface area contributed by atoms with Crippen molar-refractivity contribution in [3.8, 4) is 0 Å². The normalized spacial score (nSPS) is 15.8. The Balaban J connectivity index is 1.73. The quantitative estimate of drug-likeness (QED) is 0.201. The fourth-order valence-corrected chi connectivity index (χ4v) is 5.17. The number of hydrogen-bond acceptors (Lipinski definition) is 8.